The molecule has 0 spiro atoms. The van der Waals surface area contributed by atoms with Gasteiger partial charge < -0.3 is 15.2 Å². The van der Waals surface area contributed by atoms with Crippen molar-refractivity contribution < 1.29 is 9.84 Å². The zero-order chi connectivity index (χ0) is 19.5. The van der Waals surface area contributed by atoms with Gasteiger partial charge in [0.15, 0.2) is 0 Å². The second kappa shape index (κ2) is 7.79. The number of phenolic OH excluding ortho intramolecular Hbond substituents is 1. The van der Waals surface area contributed by atoms with Gasteiger partial charge in [-0.15, -0.1) is 0 Å². The van der Waals surface area contributed by atoms with E-state index in [1.54, 1.807) is 13.2 Å². The molecule has 0 aromatic heterocycles. The van der Waals surface area contributed by atoms with Gasteiger partial charge >= 0.3 is 0 Å². The maximum atomic E-state index is 10.4. The molecular weight excluding hydrogens is 348 g/mol. The maximum Gasteiger partial charge on any atom is 0.120 e. The molecule has 28 heavy (non-hydrogen) atoms. The number of aromatic hydroxyl groups is 1. The van der Waals surface area contributed by atoms with Crippen molar-refractivity contribution in [2.75, 3.05) is 7.11 Å². The summed E-state index contributed by atoms with van der Waals surface area (Å²) in [6, 6.07) is 23.7. The molecule has 3 aromatic rings. The lowest BCUT2D eigenvalue weighted by atomic mass is 9.96. The van der Waals surface area contributed by atoms with Gasteiger partial charge in [-0.25, -0.2) is 0 Å². The zero-order valence-electron chi connectivity index (χ0n) is 16.0. The largest absolute Gasteiger partial charge is 0.508 e. The van der Waals surface area contributed by atoms with Gasteiger partial charge in [-0.3, -0.25) is 5.32 Å². The minimum absolute atomic E-state index is 0.0760. The van der Waals surface area contributed by atoms with E-state index < -0.39 is 0 Å². The van der Waals surface area contributed by atoms with E-state index in [4.69, 9.17) is 4.74 Å². The van der Waals surface area contributed by atoms with E-state index in [-0.39, 0.29) is 18.0 Å². The molecule has 0 amide bonds. The Balaban J connectivity index is 1.76. The van der Waals surface area contributed by atoms with Gasteiger partial charge in [0.25, 0.3) is 0 Å². The number of rotatable bonds is 4. The molecule has 1 aliphatic heterocycles. The predicted octanol–water partition coefficient (Wildman–Crippen LogP) is 4.68. The first kappa shape index (κ1) is 18.1. The summed E-state index contributed by atoms with van der Waals surface area (Å²) in [5.41, 5.74) is 5.33. The smallest absolute Gasteiger partial charge is 0.120 e. The van der Waals surface area contributed by atoms with Crippen LogP contribution in [0.25, 0.3) is 5.70 Å². The van der Waals surface area contributed by atoms with Crippen molar-refractivity contribution in [3.8, 4) is 11.5 Å². The van der Waals surface area contributed by atoms with Crippen molar-refractivity contribution in [1.29, 1.82) is 0 Å². The van der Waals surface area contributed by atoms with Crippen LogP contribution in [0.3, 0.4) is 0 Å². The van der Waals surface area contributed by atoms with E-state index in [1.807, 2.05) is 54.6 Å². The number of hydrogen-bond donors (Lipinski definition) is 3. The number of hydrogen-bond acceptors (Lipinski definition) is 4. The highest BCUT2D eigenvalue weighted by Gasteiger charge is 2.26. The summed E-state index contributed by atoms with van der Waals surface area (Å²) < 4.78 is 5.28. The molecule has 0 saturated carbocycles. The number of phenols is 1. The van der Waals surface area contributed by atoms with Gasteiger partial charge in [-0.2, -0.15) is 0 Å². The second-order valence-corrected chi connectivity index (χ2v) is 6.95. The first-order chi connectivity index (χ1) is 13.7. The molecule has 2 unspecified atom stereocenters. The number of aryl methyl sites for hydroxylation is 1. The van der Waals surface area contributed by atoms with Gasteiger partial charge in [0.05, 0.1) is 13.2 Å². The average molecular weight is 372 g/mol. The molecule has 0 saturated heterocycles. The van der Waals surface area contributed by atoms with Crippen LogP contribution in [0.4, 0.5) is 0 Å². The van der Waals surface area contributed by atoms with Crippen molar-refractivity contribution in [2.45, 2.75) is 19.1 Å². The fourth-order valence-electron chi connectivity index (χ4n) is 3.60. The molecule has 142 valence electrons. The Morgan fingerprint density at radius 3 is 2.21 bits per heavy atom. The summed E-state index contributed by atoms with van der Waals surface area (Å²) in [6.45, 7) is 2.11. The van der Waals surface area contributed by atoms with E-state index in [2.05, 4.69) is 35.8 Å². The molecule has 4 nitrogen and oxygen atoms in total. The molecular formula is C24H24N2O2. The van der Waals surface area contributed by atoms with Gasteiger partial charge in [0.2, 0.25) is 0 Å². The Morgan fingerprint density at radius 1 is 0.857 bits per heavy atom. The van der Waals surface area contributed by atoms with Crippen LogP contribution in [0.5, 0.6) is 11.5 Å². The molecule has 0 aliphatic carbocycles. The highest BCUT2D eigenvalue weighted by molar-refractivity contribution is 5.67. The van der Waals surface area contributed by atoms with Crippen LogP contribution in [0.2, 0.25) is 0 Å². The van der Waals surface area contributed by atoms with Crippen molar-refractivity contribution in [1.82, 2.24) is 10.6 Å². The molecule has 0 fully saturated rings. The number of nitrogens with one attached hydrogen (secondary N) is 2. The molecule has 3 N–H and O–H groups in total. The van der Waals surface area contributed by atoms with Gasteiger partial charge in [-0.05, 0) is 60.0 Å². The highest BCUT2D eigenvalue weighted by atomic mass is 16.5. The number of ether oxygens (including phenoxy) is 1. The van der Waals surface area contributed by atoms with Gasteiger partial charge in [0, 0.05) is 11.3 Å². The van der Waals surface area contributed by atoms with Crippen LogP contribution in [-0.2, 0) is 0 Å². The maximum absolute atomic E-state index is 10.4. The summed E-state index contributed by atoms with van der Waals surface area (Å²) in [5.74, 6) is 1.11. The molecule has 1 heterocycles. The van der Waals surface area contributed by atoms with Gasteiger partial charge in [0.1, 0.15) is 17.7 Å². The minimum atomic E-state index is -0.121. The fourth-order valence-corrected chi connectivity index (χ4v) is 3.60. The Hall–Kier alpha value is -3.24. The van der Waals surface area contributed by atoms with E-state index in [9.17, 15) is 5.11 Å². The third kappa shape index (κ3) is 3.59. The molecule has 3 aromatic carbocycles. The standard InChI is InChI=1S/C24H24N2O2/c1-16-7-3-4-8-19(16)24-25-21(17-11-13-18(28-2)14-12-17)15-22(26-24)20-9-5-6-10-23(20)27/h3-15,22,24-27H,1-2H3. The van der Waals surface area contributed by atoms with Crippen LogP contribution in [0, 0.1) is 6.92 Å². The number of para-hydroxylation sites is 1. The molecule has 4 rings (SSSR count). The summed E-state index contributed by atoms with van der Waals surface area (Å²) >= 11 is 0. The molecule has 0 bridgehead atoms. The SMILES string of the molecule is COc1ccc(C2=CC(c3ccccc3O)NC(c3ccccc3C)N2)cc1. The van der Waals surface area contributed by atoms with E-state index >= 15 is 0 Å². The van der Waals surface area contributed by atoms with Crippen molar-refractivity contribution in [3.05, 3.63) is 101 Å². The second-order valence-electron chi connectivity index (χ2n) is 6.95. The summed E-state index contributed by atoms with van der Waals surface area (Å²) in [6.07, 6.45) is 2.04. The van der Waals surface area contributed by atoms with Crippen molar-refractivity contribution in [3.63, 3.8) is 0 Å². The van der Waals surface area contributed by atoms with Crippen molar-refractivity contribution >= 4 is 5.70 Å². The van der Waals surface area contributed by atoms with E-state index in [1.165, 1.54) is 11.1 Å². The van der Waals surface area contributed by atoms with Crippen molar-refractivity contribution in [2.24, 2.45) is 0 Å². The van der Waals surface area contributed by atoms with Crippen LogP contribution < -0.4 is 15.4 Å². The fraction of sp³-hybridized carbons (Fsp3) is 0.167. The molecule has 1 aliphatic rings. The first-order valence-corrected chi connectivity index (χ1v) is 9.38. The lowest BCUT2D eigenvalue weighted by molar-refractivity contribution is 0.414. The Morgan fingerprint density at radius 2 is 1.54 bits per heavy atom. The Labute approximate surface area is 165 Å². The normalized spacial score (nSPS) is 18.9. The van der Waals surface area contributed by atoms with Crippen LogP contribution in [0.15, 0.2) is 78.9 Å². The van der Waals surface area contributed by atoms with Gasteiger partial charge in [-0.1, -0.05) is 42.5 Å². The molecule has 2 atom stereocenters. The summed E-state index contributed by atoms with van der Waals surface area (Å²) in [5, 5.41) is 17.6. The third-order valence-electron chi connectivity index (χ3n) is 5.15. The highest BCUT2D eigenvalue weighted by Crippen LogP contribution is 2.34. The predicted molar refractivity (Wildman–Crippen MR) is 112 cm³/mol. The Kier molecular flexibility index (Phi) is 5.04. The third-order valence-corrected chi connectivity index (χ3v) is 5.15. The lowest BCUT2D eigenvalue weighted by Gasteiger charge is -2.34. The van der Waals surface area contributed by atoms with Crippen LogP contribution in [-0.4, -0.2) is 12.2 Å². The Bertz CT molecular complexity index is 995. The lowest BCUT2D eigenvalue weighted by Crippen LogP contribution is -2.40. The summed E-state index contributed by atoms with van der Waals surface area (Å²) in [4.78, 5) is 0. The number of methoxy groups -OCH3 is 1. The average Bonchev–Trinajstić information content (AvgIpc) is 2.74. The minimum Gasteiger partial charge on any atom is -0.508 e. The summed E-state index contributed by atoms with van der Waals surface area (Å²) in [7, 11) is 1.67. The molecule has 0 radical (unpaired) electrons. The first-order valence-electron chi connectivity index (χ1n) is 9.38. The zero-order valence-corrected chi connectivity index (χ0v) is 16.0. The molecule has 4 heteroatoms. The van der Waals surface area contributed by atoms with E-state index in [0.29, 0.717) is 0 Å². The topological polar surface area (TPSA) is 53.5 Å². The quantitative estimate of drug-likeness (QED) is 0.622. The monoisotopic (exact) mass is 372 g/mol. The van der Waals surface area contributed by atoms with E-state index in [0.717, 1.165) is 22.6 Å². The van der Waals surface area contributed by atoms with Crippen LogP contribution >= 0.6 is 0 Å². The number of benzene rings is 3. The van der Waals surface area contributed by atoms with Crippen LogP contribution in [0.1, 0.15) is 34.5 Å².